The third-order valence-corrected chi connectivity index (χ3v) is 10.5. The summed E-state index contributed by atoms with van der Waals surface area (Å²) in [6.07, 6.45) is 2.49. The molecule has 20 heteroatoms. The SMILES string of the molecule is CC[C@H](C)[C@H](NC(=O)[C@H](CC(C)C)NC(=O)[C@@H](CCC(=O)O)NC(=O)[C@H](CC(=O)O)NC(=O)CCC(=O)O)C(=O)N[C@@H](CC1CCCCC1)C(=O)NC1(C(=O)O)CC1. The molecule has 0 aliphatic heterocycles. The van der Waals surface area contributed by atoms with Gasteiger partial charge in [0.15, 0.2) is 0 Å². The van der Waals surface area contributed by atoms with Crippen LogP contribution in [0.5, 0.6) is 0 Å². The van der Waals surface area contributed by atoms with Crippen LogP contribution in [0.2, 0.25) is 0 Å². The van der Waals surface area contributed by atoms with Crippen molar-refractivity contribution in [2.45, 2.75) is 160 Å². The van der Waals surface area contributed by atoms with E-state index in [0.717, 1.165) is 32.1 Å². The van der Waals surface area contributed by atoms with Crippen LogP contribution in [0, 0.1) is 17.8 Å². The van der Waals surface area contributed by atoms with Gasteiger partial charge in [-0.25, -0.2) is 4.79 Å². The van der Waals surface area contributed by atoms with Crippen LogP contribution in [-0.2, 0) is 47.9 Å². The summed E-state index contributed by atoms with van der Waals surface area (Å²) in [6.45, 7) is 6.97. The molecule has 326 valence electrons. The summed E-state index contributed by atoms with van der Waals surface area (Å²) in [7, 11) is 0. The Balaban J connectivity index is 2.32. The standard InChI is InChI=1S/C38H60N6O14/c1-5-21(4)31(36(56)42-25(18-22-9-7-6-8-10-22)35(55)44-38(15-16-38)37(57)58)43-34(54)24(17-20(2)3)41-32(52)23(11-13-28(46)47)40-33(53)26(19-30(50)51)39-27(45)12-14-29(48)49/h20-26,31H,5-19H2,1-4H3,(H,39,45)(H,40,53)(H,41,52)(H,42,56)(H,43,54)(H,44,55)(H,46,47)(H,48,49)(H,50,51)(H,57,58)/t21-,23+,24-,25-,26-,31-/m0/s1. The highest BCUT2D eigenvalue weighted by Crippen LogP contribution is 2.36. The highest BCUT2D eigenvalue weighted by molar-refractivity contribution is 5.98. The number of amides is 6. The molecule has 2 rings (SSSR count). The van der Waals surface area contributed by atoms with Crippen LogP contribution < -0.4 is 31.9 Å². The molecule has 0 heterocycles. The van der Waals surface area contributed by atoms with Crippen molar-refractivity contribution in [3.05, 3.63) is 0 Å². The zero-order chi connectivity index (χ0) is 43.7. The van der Waals surface area contributed by atoms with Gasteiger partial charge in [-0.05, 0) is 49.9 Å². The quantitative estimate of drug-likeness (QED) is 0.0565. The summed E-state index contributed by atoms with van der Waals surface area (Å²) >= 11 is 0. The van der Waals surface area contributed by atoms with E-state index in [1.807, 2.05) is 0 Å². The molecule has 6 amide bonds. The minimum absolute atomic E-state index is 0.0112. The van der Waals surface area contributed by atoms with Gasteiger partial charge in [0.05, 0.1) is 12.8 Å². The Hall–Kier alpha value is -5.30. The molecular weight excluding hydrogens is 764 g/mol. The fourth-order valence-electron chi connectivity index (χ4n) is 6.70. The normalized spacial score (nSPS) is 17.8. The molecule has 2 aliphatic carbocycles. The van der Waals surface area contributed by atoms with E-state index in [2.05, 4.69) is 31.9 Å². The Morgan fingerprint density at radius 2 is 1.16 bits per heavy atom. The number of rotatable bonds is 26. The van der Waals surface area contributed by atoms with E-state index in [4.69, 9.17) is 5.11 Å². The third-order valence-electron chi connectivity index (χ3n) is 10.5. The van der Waals surface area contributed by atoms with Crippen molar-refractivity contribution in [2.24, 2.45) is 17.8 Å². The molecule has 2 aliphatic rings. The second kappa shape index (κ2) is 23.2. The number of carbonyl (C=O) groups is 10. The molecule has 20 nitrogen and oxygen atoms in total. The average molecular weight is 825 g/mol. The van der Waals surface area contributed by atoms with Crippen molar-refractivity contribution in [3.63, 3.8) is 0 Å². The number of nitrogens with one attached hydrogen (secondary N) is 6. The van der Waals surface area contributed by atoms with Crippen molar-refractivity contribution in [1.29, 1.82) is 0 Å². The van der Waals surface area contributed by atoms with Crippen molar-refractivity contribution < 1.29 is 68.4 Å². The van der Waals surface area contributed by atoms with Gasteiger partial charge in [-0.3, -0.25) is 43.2 Å². The summed E-state index contributed by atoms with van der Waals surface area (Å²) in [5.74, 6) is -11.3. The van der Waals surface area contributed by atoms with Gasteiger partial charge in [-0.15, -0.1) is 0 Å². The Bertz CT molecular complexity index is 1530. The van der Waals surface area contributed by atoms with E-state index >= 15 is 0 Å². The van der Waals surface area contributed by atoms with Crippen LogP contribution >= 0.6 is 0 Å². The van der Waals surface area contributed by atoms with Gasteiger partial charge in [-0.2, -0.15) is 0 Å². The first-order valence-corrected chi connectivity index (χ1v) is 19.9. The van der Waals surface area contributed by atoms with Gasteiger partial charge in [-0.1, -0.05) is 66.2 Å². The molecule has 6 atom stereocenters. The molecule has 10 N–H and O–H groups in total. The second-order valence-corrected chi connectivity index (χ2v) is 15.8. The van der Waals surface area contributed by atoms with Crippen LogP contribution in [-0.4, -0.2) is 115 Å². The van der Waals surface area contributed by atoms with Crippen LogP contribution in [0.4, 0.5) is 0 Å². The topological polar surface area (TPSA) is 324 Å². The van der Waals surface area contributed by atoms with Gasteiger partial charge >= 0.3 is 23.9 Å². The van der Waals surface area contributed by atoms with Crippen molar-refractivity contribution in [2.75, 3.05) is 0 Å². The average Bonchev–Trinajstić information content (AvgIpc) is 3.93. The van der Waals surface area contributed by atoms with Gasteiger partial charge in [0, 0.05) is 12.8 Å². The van der Waals surface area contributed by atoms with Crippen LogP contribution in [0.15, 0.2) is 0 Å². The molecule has 0 aromatic carbocycles. The Morgan fingerprint density at radius 1 is 0.603 bits per heavy atom. The Morgan fingerprint density at radius 3 is 1.67 bits per heavy atom. The first-order valence-electron chi connectivity index (χ1n) is 19.9. The smallest absolute Gasteiger partial charge is 0.329 e. The van der Waals surface area contributed by atoms with E-state index in [0.29, 0.717) is 6.42 Å². The molecule has 0 saturated heterocycles. The van der Waals surface area contributed by atoms with Gasteiger partial charge in [0.2, 0.25) is 35.4 Å². The lowest BCUT2D eigenvalue weighted by atomic mass is 9.84. The van der Waals surface area contributed by atoms with Gasteiger partial charge < -0.3 is 52.3 Å². The predicted molar refractivity (Wildman–Crippen MR) is 203 cm³/mol. The van der Waals surface area contributed by atoms with Gasteiger partial charge in [0.1, 0.15) is 35.7 Å². The van der Waals surface area contributed by atoms with Crippen molar-refractivity contribution in [1.82, 2.24) is 31.9 Å². The first-order chi connectivity index (χ1) is 27.2. The van der Waals surface area contributed by atoms with Crippen LogP contribution in [0.1, 0.15) is 124 Å². The van der Waals surface area contributed by atoms with E-state index in [1.165, 1.54) is 0 Å². The molecule has 0 spiro atoms. The number of hydrogen-bond acceptors (Lipinski definition) is 10. The molecule has 2 fully saturated rings. The first kappa shape index (κ1) is 48.8. The lowest BCUT2D eigenvalue weighted by Gasteiger charge is -2.31. The maximum atomic E-state index is 14.0. The number of carbonyl (C=O) groups excluding carboxylic acids is 6. The van der Waals surface area contributed by atoms with Crippen LogP contribution in [0.25, 0.3) is 0 Å². The number of carboxylic acid groups (broad SMARTS) is 4. The highest BCUT2D eigenvalue weighted by atomic mass is 16.4. The molecule has 0 aromatic heterocycles. The third kappa shape index (κ3) is 16.7. The molecule has 58 heavy (non-hydrogen) atoms. The molecule has 0 aromatic rings. The van der Waals surface area contributed by atoms with Gasteiger partial charge in [0.25, 0.3) is 0 Å². The summed E-state index contributed by atoms with van der Waals surface area (Å²) in [5.41, 5.74) is -1.39. The van der Waals surface area contributed by atoms with E-state index in [1.54, 1.807) is 27.7 Å². The fraction of sp³-hybridized carbons (Fsp3) is 0.737. The van der Waals surface area contributed by atoms with E-state index < -0.39 is 133 Å². The van der Waals surface area contributed by atoms with E-state index in [-0.39, 0.29) is 37.5 Å². The molecule has 0 radical (unpaired) electrons. The number of carboxylic acids is 4. The summed E-state index contributed by atoms with van der Waals surface area (Å²) < 4.78 is 0. The monoisotopic (exact) mass is 824 g/mol. The van der Waals surface area contributed by atoms with Crippen molar-refractivity contribution in [3.8, 4) is 0 Å². The Kier molecular flexibility index (Phi) is 19.5. The number of aliphatic carboxylic acids is 4. The number of hydrogen-bond donors (Lipinski definition) is 10. The molecular formula is C38H60N6O14. The summed E-state index contributed by atoms with van der Waals surface area (Å²) in [4.78, 5) is 126. The van der Waals surface area contributed by atoms with Crippen molar-refractivity contribution >= 4 is 59.3 Å². The maximum Gasteiger partial charge on any atom is 0.329 e. The molecule has 0 bridgehead atoms. The largest absolute Gasteiger partial charge is 0.481 e. The Labute approximate surface area is 336 Å². The van der Waals surface area contributed by atoms with E-state index in [9.17, 15) is 63.3 Å². The van der Waals surface area contributed by atoms with Crippen LogP contribution in [0.3, 0.4) is 0 Å². The lowest BCUT2D eigenvalue weighted by Crippen LogP contribution is -2.61. The maximum absolute atomic E-state index is 14.0. The predicted octanol–water partition coefficient (Wildman–Crippen LogP) is 0.411. The molecule has 0 unspecified atom stereocenters. The molecule has 2 saturated carbocycles. The minimum atomic E-state index is -1.77. The highest BCUT2D eigenvalue weighted by Gasteiger charge is 2.52. The summed E-state index contributed by atoms with van der Waals surface area (Å²) in [6, 6.07) is -7.07. The fourth-order valence-corrected chi connectivity index (χ4v) is 6.70. The second-order valence-electron chi connectivity index (χ2n) is 15.8. The zero-order valence-electron chi connectivity index (χ0n) is 33.6. The lowest BCUT2D eigenvalue weighted by molar-refractivity contribution is -0.144. The minimum Gasteiger partial charge on any atom is -0.481 e. The zero-order valence-corrected chi connectivity index (χ0v) is 33.6. The summed E-state index contributed by atoms with van der Waals surface area (Å²) in [5, 5.41) is 52.1.